The molecule has 2 N–H and O–H groups in total. The van der Waals surface area contributed by atoms with Crippen molar-refractivity contribution < 1.29 is 19.5 Å². The molecular formula is C17H17N3O4. The van der Waals surface area contributed by atoms with Crippen LogP contribution in [-0.4, -0.2) is 51.4 Å². The van der Waals surface area contributed by atoms with Crippen molar-refractivity contribution in [3.63, 3.8) is 0 Å². The van der Waals surface area contributed by atoms with Gasteiger partial charge in [-0.1, -0.05) is 24.3 Å². The first kappa shape index (κ1) is 15.9. The number of nitrogens with one attached hydrogen (secondary N) is 1. The SMILES string of the molecule is C[C@H](NC(=O)c1ccc2ccccc2n1)C(=O)N1CC[C@@H]1C(=O)O. The zero-order valence-electron chi connectivity index (χ0n) is 13.1. The number of rotatable bonds is 4. The highest BCUT2D eigenvalue weighted by molar-refractivity contribution is 5.98. The van der Waals surface area contributed by atoms with Gasteiger partial charge < -0.3 is 15.3 Å². The van der Waals surface area contributed by atoms with Crippen molar-refractivity contribution in [2.75, 3.05) is 6.54 Å². The summed E-state index contributed by atoms with van der Waals surface area (Å²) in [5.74, 6) is -1.89. The lowest BCUT2D eigenvalue weighted by Crippen LogP contribution is -2.59. The Morgan fingerprint density at radius 1 is 1.25 bits per heavy atom. The molecule has 2 aromatic rings. The summed E-state index contributed by atoms with van der Waals surface area (Å²) in [4.78, 5) is 41.1. The standard InChI is InChI=1S/C17H17N3O4/c1-10(16(22)20-9-8-14(20)17(23)24)18-15(21)13-7-6-11-4-2-3-5-12(11)19-13/h2-7,10,14H,8-9H2,1H3,(H,18,21)(H,23,24)/t10-,14+/m0/s1. The van der Waals surface area contributed by atoms with Gasteiger partial charge >= 0.3 is 5.97 Å². The molecule has 1 aliphatic rings. The number of likely N-dealkylation sites (tertiary alicyclic amines) is 1. The number of hydrogen-bond donors (Lipinski definition) is 2. The first-order valence-corrected chi connectivity index (χ1v) is 7.67. The fourth-order valence-corrected chi connectivity index (χ4v) is 2.68. The van der Waals surface area contributed by atoms with Crippen LogP contribution in [0.25, 0.3) is 10.9 Å². The van der Waals surface area contributed by atoms with Crippen molar-refractivity contribution >= 4 is 28.7 Å². The van der Waals surface area contributed by atoms with Crippen molar-refractivity contribution in [1.29, 1.82) is 0 Å². The van der Waals surface area contributed by atoms with Crippen LogP contribution in [0.15, 0.2) is 36.4 Å². The number of carbonyl (C=O) groups is 3. The molecule has 3 rings (SSSR count). The normalized spacial score (nSPS) is 17.9. The van der Waals surface area contributed by atoms with E-state index in [-0.39, 0.29) is 5.69 Å². The molecule has 0 aliphatic carbocycles. The molecule has 0 spiro atoms. The zero-order chi connectivity index (χ0) is 17.3. The maximum absolute atomic E-state index is 12.3. The Kier molecular flexibility index (Phi) is 4.16. The lowest BCUT2D eigenvalue weighted by Gasteiger charge is -2.39. The summed E-state index contributed by atoms with van der Waals surface area (Å²) >= 11 is 0. The predicted molar refractivity (Wildman–Crippen MR) is 86.4 cm³/mol. The molecule has 0 radical (unpaired) electrons. The summed E-state index contributed by atoms with van der Waals surface area (Å²) in [6, 6.07) is 9.20. The molecule has 0 saturated carbocycles. The average molecular weight is 327 g/mol. The Morgan fingerprint density at radius 2 is 2.00 bits per heavy atom. The summed E-state index contributed by atoms with van der Waals surface area (Å²) in [7, 11) is 0. The predicted octanol–water partition coefficient (Wildman–Crippen LogP) is 1.04. The first-order valence-electron chi connectivity index (χ1n) is 7.67. The monoisotopic (exact) mass is 327 g/mol. The van der Waals surface area contributed by atoms with Gasteiger partial charge in [-0.3, -0.25) is 9.59 Å². The van der Waals surface area contributed by atoms with E-state index in [4.69, 9.17) is 5.11 Å². The highest BCUT2D eigenvalue weighted by Crippen LogP contribution is 2.19. The Balaban J connectivity index is 1.69. The molecule has 1 aliphatic heterocycles. The van der Waals surface area contributed by atoms with Gasteiger partial charge in [0.1, 0.15) is 17.8 Å². The highest BCUT2D eigenvalue weighted by atomic mass is 16.4. The number of carboxylic acids is 1. The molecule has 2 heterocycles. The number of para-hydroxylation sites is 1. The average Bonchev–Trinajstić information content (AvgIpc) is 2.52. The van der Waals surface area contributed by atoms with E-state index in [0.717, 1.165) is 5.39 Å². The number of carboxylic acid groups (broad SMARTS) is 1. The topological polar surface area (TPSA) is 99.6 Å². The number of fused-ring (bicyclic) bond motifs is 1. The number of amides is 2. The van der Waals surface area contributed by atoms with Crippen molar-refractivity contribution in [1.82, 2.24) is 15.2 Å². The van der Waals surface area contributed by atoms with Gasteiger partial charge in [0.05, 0.1) is 5.52 Å². The molecule has 2 atom stereocenters. The summed E-state index contributed by atoms with van der Waals surface area (Å²) in [5.41, 5.74) is 0.907. The quantitative estimate of drug-likeness (QED) is 0.874. The van der Waals surface area contributed by atoms with Crippen molar-refractivity contribution in [2.24, 2.45) is 0 Å². The molecule has 1 fully saturated rings. The van der Waals surface area contributed by atoms with E-state index in [9.17, 15) is 14.4 Å². The van der Waals surface area contributed by atoms with Gasteiger partial charge in [-0.15, -0.1) is 0 Å². The Bertz CT molecular complexity index is 820. The van der Waals surface area contributed by atoms with Gasteiger partial charge in [0.25, 0.3) is 5.91 Å². The molecule has 1 saturated heterocycles. The Hall–Kier alpha value is -2.96. The molecule has 0 unspecified atom stereocenters. The van der Waals surface area contributed by atoms with Crippen LogP contribution in [0.1, 0.15) is 23.8 Å². The van der Waals surface area contributed by atoms with E-state index >= 15 is 0 Å². The van der Waals surface area contributed by atoms with Crippen molar-refractivity contribution in [3.05, 3.63) is 42.1 Å². The molecular weight excluding hydrogens is 310 g/mol. The second-order valence-corrected chi connectivity index (χ2v) is 5.76. The van der Waals surface area contributed by atoms with Crippen LogP contribution in [0.3, 0.4) is 0 Å². The number of nitrogens with zero attached hydrogens (tertiary/aromatic N) is 2. The maximum atomic E-state index is 12.3. The van der Waals surface area contributed by atoms with Gasteiger partial charge in [0, 0.05) is 11.9 Å². The van der Waals surface area contributed by atoms with Crippen molar-refractivity contribution in [2.45, 2.75) is 25.4 Å². The van der Waals surface area contributed by atoms with Crippen LogP contribution in [0.5, 0.6) is 0 Å². The van der Waals surface area contributed by atoms with E-state index in [1.807, 2.05) is 18.2 Å². The number of pyridine rings is 1. The number of aliphatic carboxylic acids is 1. The number of benzene rings is 1. The summed E-state index contributed by atoms with van der Waals surface area (Å²) in [6.07, 6.45) is 0.438. The summed E-state index contributed by atoms with van der Waals surface area (Å²) in [6.45, 7) is 1.93. The van der Waals surface area contributed by atoms with Gasteiger partial charge in [-0.2, -0.15) is 0 Å². The second kappa shape index (κ2) is 6.27. The lowest BCUT2D eigenvalue weighted by molar-refractivity contribution is -0.157. The van der Waals surface area contributed by atoms with Crippen LogP contribution >= 0.6 is 0 Å². The smallest absolute Gasteiger partial charge is 0.326 e. The minimum absolute atomic E-state index is 0.215. The summed E-state index contributed by atoms with van der Waals surface area (Å²) in [5, 5.41) is 12.5. The lowest BCUT2D eigenvalue weighted by atomic mass is 10.0. The Morgan fingerprint density at radius 3 is 2.67 bits per heavy atom. The van der Waals surface area contributed by atoms with Gasteiger partial charge in [-0.05, 0) is 25.5 Å². The van der Waals surface area contributed by atoms with Gasteiger partial charge in [0.15, 0.2) is 0 Å². The Labute approximate surface area is 138 Å². The van der Waals surface area contributed by atoms with E-state index < -0.39 is 29.9 Å². The van der Waals surface area contributed by atoms with Gasteiger partial charge in [-0.25, -0.2) is 9.78 Å². The highest BCUT2D eigenvalue weighted by Gasteiger charge is 2.39. The number of carbonyl (C=O) groups excluding carboxylic acids is 2. The van der Waals surface area contributed by atoms with Crippen LogP contribution in [-0.2, 0) is 9.59 Å². The molecule has 7 heteroatoms. The second-order valence-electron chi connectivity index (χ2n) is 5.76. The van der Waals surface area contributed by atoms with Crippen LogP contribution < -0.4 is 5.32 Å². The minimum Gasteiger partial charge on any atom is -0.480 e. The maximum Gasteiger partial charge on any atom is 0.326 e. The van der Waals surface area contributed by atoms with E-state index in [0.29, 0.717) is 18.5 Å². The third-order valence-electron chi connectivity index (χ3n) is 4.14. The third-order valence-corrected chi connectivity index (χ3v) is 4.14. The van der Waals surface area contributed by atoms with Crippen molar-refractivity contribution in [3.8, 4) is 0 Å². The zero-order valence-corrected chi connectivity index (χ0v) is 13.1. The van der Waals surface area contributed by atoms with E-state index in [1.54, 1.807) is 25.1 Å². The van der Waals surface area contributed by atoms with E-state index in [1.165, 1.54) is 4.90 Å². The molecule has 24 heavy (non-hydrogen) atoms. The molecule has 2 amide bonds. The summed E-state index contributed by atoms with van der Waals surface area (Å²) < 4.78 is 0. The third kappa shape index (κ3) is 2.92. The first-order chi connectivity index (χ1) is 11.5. The van der Waals surface area contributed by atoms with Crippen LogP contribution in [0.2, 0.25) is 0 Å². The number of hydrogen-bond acceptors (Lipinski definition) is 4. The van der Waals surface area contributed by atoms with Crippen LogP contribution in [0.4, 0.5) is 0 Å². The fraction of sp³-hybridized carbons (Fsp3) is 0.294. The fourth-order valence-electron chi connectivity index (χ4n) is 2.68. The molecule has 1 aromatic heterocycles. The van der Waals surface area contributed by atoms with E-state index in [2.05, 4.69) is 10.3 Å². The largest absolute Gasteiger partial charge is 0.480 e. The molecule has 1 aromatic carbocycles. The molecule has 7 nitrogen and oxygen atoms in total. The minimum atomic E-state index is -1.02. The van der Waals surface area contributed by atoms with Crippen LogP contribution in [0, 0.1) is 0 Å². The molecule has 124 valence electrons. The molecule has 0 bridgehead atoms. The van der Waals surface area contributed by atoms with Gasteiger partial charge in [0.2, 0.25) is 5.91 Å². The number of aromatic nitrogens is 1.